The molecular formula is C96H62N2O2Si. The minimum Gasteiger partial charge on any atom is -0.454 e. The van der Waals surface area contributed by atoms with E-state index in [1.807, 2.05) is 0 Å². The van der Waals surface area contributed by atoms with Crippen LogP contribution in [0.5, 0.6) is 0 Å². The molecule has 2 aliphatic heterocycles. The summed E-state index contributed by atoms with van der Waals surface area (Å²) in [5.41, 5.74) is 28.0. The van der Waals surface area contributed by atoms with E-state index < -0.39 is 8.07 Å². The summed E-state index contributed by atoms with van der Waals surface area (Å²) in [5.74, 6) is 0. The molecule has 472 valence electrons. The Bertz CT molecular complexity index is 5640. The maximum Gasteiger partial charge on any atom is 0.188 e. The predicted octanol–water partition coefficient (Wildman–Crippen LogP) is 23.8. The molecule has 0 unspecified atom stereocenters. The van der Waals surface area contributed by atoms with E-state index in [1.54, 1.807) is 0 Å². The minimum absolute atomic E-state index is 0.828. The van der Waals surface area contributed by atoms with E-state index in [1.165, 1.54) is 20.7 Å². The molecule has 0 saturated heterocycles. The van der Waals surface area contributed by atoms with Gasteiger partial charge in [0.15, 0.2) is 19.2 Å². The number of fused-ring (bicyclic) bond motifs is 14. The van der Waals surface area contributed by atoms with Crippen LogP contribution in [0.3, 0.4) is 0 Å². The van der Waals surface area contributed by atoms with Gasteiger partial charge in [0.1, 0.15) is 11.2 Å². The van der Waals surface area contributed by atoms with Crippen LogP contribution >= 0.6 is 0 Å². The van der Waals surface area contributed by atoms with Gasteiger partial charge in [0.25, 0.3) is 0 Å². The van der Waals surface area contributed by atoms with Gasteiger partial charge < -0.3 is 18.6 Å². The van der Waals surface area contributed by atoms with E-state index >= 15 is 0 Å². The fraction of sp³-hybridized carbons (Fsp3) is 0. The Labute approximate surface area is 586 Å². The lowest BCUT2D eigenvalue weighted by molar-refractivity contribution is 0.669. The summed E-state index contributed by atoms with van der Waals surface area (Å²) in [7, 11) is -3.99. The predicted molar refractivity (Wildman–Crippen MR) is 425 cm³/mol. The van der Waals surface area contributed by atoms with Crippen molar-refractivity contribution in [2.24, 2.45) is 0 Å². The second-order valence-electron chi connectivity index (χ2n) is 26.5. The maximum absolute atomic E-state index is 7.23. The van der Waals surface area contributed by atoms with Crippen molar-refractivity contribution in [2.75, 3.05) is 9.80 Å². The summed E-state index contributed by atoms with van der Waals surface area (Å²) < 4.78 is 14.5. The van der Waals surface area contributed by atoms with Crippen LogP contribution in [0.25, 0.3) is 133 Å². The van der Waals surface area contributed by atoms with Crippen LogP contribution in [-0.4, -0.2) is 8.07 Å². The quantitative estimate of drug-likeness (QED) is 0.128. The van der Waals surface area contributed by atoms with Crippen molar-refractivity contribution in [3.05, 3.63) is 376 Å². The number of para-hydroxylation sites is 4. The highest BCUT2D eigenvalue weighted by atomic mass is 28.3. The van der Waals surface area contributed by atoms with Crippen molar-refractivity contribution in [1.29, 1.82) is 0 Å². The molecule has 101 heavy (non-hydrogen) atoms. The number of nitrogens with zero attached hydrogens (tertiary/aromatic N) is 2. The first-order valence-corrected chi connectivity index (χ1v) is 36.7. The third-order valence-corrected chi connectivity index (χ3v) is 25.9. The topological polar surface area (TPSA) is 32.8 Å². The number of furan rings is 2. The lowest BCUT2D eigenvalue weighted by atomic mass is 9.93. The molecule has 0 radical (unpaired) electrons. The van der Waals surface area contributed by atoms with Gasteiger partial charge in [-0.2, -0.15) is 0 Å². The van der Waals surface area contributed by atoms with Crippen LogP contribution in [0.2, 0.25) is 0 Å². The van der Waals surface area contributed by atoms with Gasteiger partial charge in [0, 0.05) is 44.3 Å². The molecule has 0 amide bonds. The van der Waals surface area contributed by atoms with Gasteiger partial charge in [-0.1, -0.05) is 328 Å². The van der Waals surface area contributed by atoms with Crippen LogP contribution in [0, 0.1) is 0 Å². The zero-order chi connectivity index (χ0) is 66.5. The van der Waals surface area contributed by atoms with Crippen molar-refractivity contribution in [3.8, 4) is 89.0 Å². The minimum atomic E-state index is -3.99. The molecule has 4 heterocycles. The first kappa shape index (κ1) is 58.1. The smallest absolute Gasteiger partial charge is 0.188 e. The second-order valence-corrected chi connectivity index (χ2v) is 30.2. The van der Waals surface area contributed by atoms with Gasteiger partial charge in [-0.3, -0.25) is 0 Å². The number of hydrogen-bond donors (Lipinski definition) is 0. The average molecular weight is 1300 g/mol. The summed E-state index contributed by atoms with van der Waals surface area (Å²) >= 11 is 0. The Balaban J connectivity index is 0.991. The Morgan fingerprint density at radius 1 is 0.178 bits per heavy atom. The molecule has 0 N–H and O–H groups in total. The first-order valence-electron chi connectivity index (χ1n) is 34.7. The molecule has 5 heteroatoms. The van der Waals surface area contributed by atoms with Crippen LogP contribution in [0.4, 0.5) is 34.1 Å². The van der Waals surface area contributed by atoms with E-state index in [9.17, 15) is 0 Å². The summed E-state index contributed by atoms with van der Waals surface area (Å²) in [6.45, 7) is 0. The van der Waals surface area contributed by atoms with Gasteiger partial charge in [-0.25, -0.2) is 0 Å². The number of rotatable bonds is 10. The number of hydrogen-bond acceptors (Lipinski definition) is 4. The second kappa shape index (κ2) is 23.6. The van der Waals surface area contributed by atoms with E-state index in [4.69, 9.17) is 8.83 Å². The largest absolute Gasteiger partial charge is 0.454 e. The van der Waals surface area contributed by atoms with Crippen LogP contribution in [-0.2, 0) is 0 Å². The van der Waals surface area contributed by atoms with Crippen molar-refractivity contribution < 1.29 is 8.83 Å². The van der Waals surface area contributed by atoms with Crippen molar-refractivity contribution in [1.82, 2.24) is 0 Å². The summed E-state index contributed by atoms with van der Waals surface area (Å²) in [6.07, 6.45) is 0. The molecule has 4 nitrogen and oxygen atoms in total. The molecule has 0 fully saturated rings. The molecule has 0 atom stereocenters. The normalized spacial score (nSPS) is 12.8. The number of benzene rings is 16. The standard InChI is InChI=1S/C96H62N2O2Si/c1-5-27-63(28-6-1)71-35-13-17-39-75(71)67-51-55-83-91(59-67)101(92-60-68(76-40-18-14-36-72(76)64-29-7-2-8-30-64)52-56-84(92)97(83)87-47-25-45-81-79-43-21-23-49-89(79)99-95(81)87)93-61-69(77-41-19-15-37-73(77)65-31-9-3-10-32-65)53-57-85(93)98(88-48-26-46-82-80-44-22-24-50-90(80)100-96(82)88)86-58-54-70(62-94(86)101)78-42-20-16-38-74(78)66-33-11-4-12-34-66/h1-62H. The van der Waals surface area contributed by atoms with Gasteiger partial charge >= 0.3 is 0 Å². The highest BCUT2D eigenvalue weighted by molar-refractivity contribution is 7.23. The van der Waals surface area contributed by atoms with E-state index in [0.717, 1.165) is 167 Å². The maximum atomic E-state index is 7.23. The monoisotopic (exact) mass is 1300 g/mol. The van der Waals surface area contributed by atoms with E-state index in [2.05, 4.69) is 386 Å². The molecule has 16 aromatic carbocycles. The molecule has 2 aromatic heterocycles. The highest BCUT2D eigenvalue weighted by Gasteiger charge is 2.55. The molecule has 0 bridgehead atoms. The van der Waals surface area contributed by atoms with Gasteiger partial charge in [0.05, 0.1) is 11.4 Å². The summed E-state index contributed by atoms with van der Waals surface area (Å²) in [4.78, 5) is 5.11. The zero-order valence-electron chi connectivity index (χ0n) is 55.0. The third-order valence-electron chi connectivity index (χ3n) is 21.1. The van der Waals surface area contributed by atoms with Crippen LogP contribution in [0.15, 0.2) is 385 Å². The fourth-order valence-corrected chi connectivity index (χ4v) is 22.2. The molecule has 18 aromatic rings. The zero-order valence-corrected chi connectivity index (χ0v) is 56.0. The Kier molecular flexibility index (Phi) is 13.6. The third kappa shape index (κ3) is 9.21. The van der Waals surface area contributed by atoms with E-state index in [0.29, 0.717) is 0 Å². The Hall–Kier alpha value is -13.1. The first-order chi connectivity index (χ1) is 50.1. The SMILES string of the molecule is c1ccc(-c2ccccc2-c2ccc3c(c2)[Si]2(c4cc(-c5ccccc5-c5ccccc5)ccc4N3c3cccc4c3oc3ccccc34)c3cc(-c4ccccc4-c4ccccc4)ccc3N(c3cccc4c3oc3ccccc34)c3ccc(-c4ccccc4-c4ccccc4)cc32)cc1. The summed E-state index contributed by atoms with van der Waals surface area (Å²) in [6, 6.07) is 139. The average Bonchev–Trinajstić information content (AvgIpc) is 0.793. The molecule has 0 saturated carbocycles. The highest BCUT2D eigenvalue weighted by Crippen LogP contribution is 2.52. The van der Waals surface area contributed by atoms with Crippen LogP contribution < -0.4 is 30.5 Å². The molecule has 0 aliphatic carbocycles. The van der Waals surface area contributed by atoms with Gasteiger partial charge in [-0.15, -0.1) is 0 Å². The van der Waals surface area contributed by atoms with Crippen molar-refractivity contribution in [3.63, 3.8) is 0 Å². The van der Waals surface area contributed by atoms with Gasteiger partial charge in [0.2, 0.25) is 0 Å². The van der Waals surface area contributed by atoms with Crippen molar-refractivity contribution in [2.45, 2.75) is 0 Å². The van der Waals surface area contributed by atoms with E-state index in [-0.39, 0.29) is 0 Å². The lowest BCUT2D eigenvalue weighted by Crippen LogP contribution is -2.79. The lowest BCUT2D eigenvalue weighted by Gasteiger charge is -2.50. The Morgan fingerprint density at radius 3 is 0.703 bits per heavy atom. The van der Waals surface area contributed by atoms with Crippen molar-refractivity contribution >= 4 is 107 Å². The molecule has 1 spiro atoms. The molecule has 2 aliphatic rings. The summed E-state index contributed by atoms with van der Waals surface area (Å²) in [5, 5.41) is 9.28. The molecule has 20 rings (SSSR count). The van der Waals surface area contributed by atoms with Crippen LogP contribution in [0.1, 0.15) is 0 Å². The fourth-order valence-electron chi connectivity index (χ4n) is 16.7. The number of anilines is 6. The molecular weight excluding hydrogens is 1240 g/mol. The van der Waals surface area contributed by atoms with Gasteiger partial charge in [-0.05, 0) is 158 Å². The Morgan fingerprint density at radius 2 is 0.416 bits per heavy atom.